The zero-order valence-electron chi connectivity index (χ0n) is 7.26. The minimum Gasteiger partial charge on any atom is -0.320 e. The average molecular weight is 153 g/mol. The number of nitrogens with two attached hydrogens (primary N) is 1. The molecule has 0 fully saturated rings. The zero-order chi connectivity index (χ0) is 8.85. The van der Waals surface area contributed by atoms with Crippen LogP contribution in [0.2, 0.25) is 0 Å². The van der Waals surface area contributed by atoms with Crippen LogP contribution in [-0.2, 0) is 0 Å². The third-order valence-corrected chi connectivity index (χ3v) is 1.37. The predicted octanol–water partition coefficient (Wildman–Crippen LogP) is 1.95. The van der Waals surface area contributed by atoms with Gasteiger partial charge in [0, 0.05) is 0 Å². The summed E-state index contributed by atoms with van der Waals surface area (Å²) in [6.45, 7) is 6.38. The van der Waals surface area contributed by atoms with Crippen molar-refractivity contribution in [3.05, 3.63) is 34.9 Å². The first-order chi connectivity index (χ1) is 5.18. The van der Waals surface area contributed by atoms with Crippen LogP contribution in [0.15, 0.2) is 18.2 Å². The van der Waals surface area contributed by atoms with Crippen molar-refractivity contribution in [2.24, 2.45) is 5.90 Å². The number of aryl methyl sites for hydroxylation is 3. The van der Waals surface area contributed by atoms with E-state index in [0.29, 0.717) is 0 Å². The fourth-order valence-electron chi connectivity index (χ4n) is 1.20. The smallest absolute Gasteiger partial charge is 0.0398 e. The highest BCUT2D eigenvalue weighted by Crippen LogP contribution is 2.06. The van der Waals surface area contributed by atoms with Crippen LogP contribution in [0.1, 0.15) is 16.7 Å². The molecule has 0 aromatic heterocycles. The summed E-state index contributed by atoms with van der Waals surface area (Å²) in [5.74, 6) is 3.50. The molecular formula is C9H15NO. The maximum absolute atomic E-state index is 6.50. The van der Waals surface area contributed by atoms with Crippen molar-refractivity contribution in [2.45, 2.75) is 20.8 Å². The van der Waals surface area contributed by atoms with Crippen molar-refractivity contribution in [1.29, 1.82) is 0 Å². The summed E-state index contributed by atoms with van der Waals surface area (Å²) in [7, 11) is 0. The second kappa shape index (κ2) is 4.88. The van der Waals surface area contributed by atoms with Crippen LogP contribution >= 0.6 is 0 Å². The first-order valence-corrected chi connectivity index (χ1v) is 3.49. The second-order valence-corrected chi connectivity index (χ2v) is 2.67. The quantitative estimate of drug-likeness (QED) is 0.559. The molecule has 0 aliphatic heterocycles. The lowest BCUT2D eigenvalue weighted by molar-refractivity contribution is 0.311. The van der Waals surface area contributed by atoms with Gasteiger partial charge in [0.05, 0.1) is 0 Å². The van der Waals surface area contributed by atoms with Gasteiger partial charge < -0.3 is 5.21 Å². The molecule has 1 aromatic rings. The summed E-state index contributed by atoms with van der Waals surface area (Å²) in [5.41, 5.74) is 4.06. The first kappa shape index (κ1) is 10.1. The molecule has 1 rings (SSSR count). The minimum absolute atomic E-state index is 1.35. The maximum atomic E-state index is 6.50. The Bertz CT molecular complexity index is 170. The fraction of sp³-hybridized carbons (Fsp3) is 0.333. The van der Waals surface area contributed by atoms with Crippen LogP contribution in [0.4, 0.5) is 0 Å². The number of rotatable bonds is 0. The first-order valence-electron chi connectivity index (χ1n) is 3.49. The average Bonchev–Trinajstić information content (AvgIpc) is 1.88. The normalized spacial score (nSPS) is 8.45. The van der Waals surface area contributed by atoms with Gasteiger partial charge in [-0.1, -0.05) is 34.9 Å². The van der Waals surface area contributed by atoms with E-state index >= 15 is 0 Å². The van der Waals surface area contributed by atoms with Gasteiger partial charge in [0.1, 0.15) is 0 Å². The van der Waals surface area contributed by atoms with Crippen molar-refractivity contribution >= 4 is 0 Å². The Hall–Kier alpha value is -0.860. The van der Waals surface area contributed by atoms with E-state index in [1.54, 1.807) is 0 Å². The zero-order valence-corrected chi connectivity index (χ0v) is 7.26. The highest BCUT2D eigenvalue weighted by molar-refractivity contribution is 5.27. The molecule has 0 atom stereocenters. The fourth-order valence-corrected chi connectivity index (χ4v) is 1.20. The molecular weight excluding hydrogens is 138 g/mol. The molecule has 0 radical (unpaired) electrons. The Balaban J connectivity index is 0.000000461. The summed E-state index contributed by atoms with van der Waals surface area (Å²) in [5, 5.41) is 6.50. The van der Waals surface area contributed by atoms with Crippen molar-refractivity contribution < 1.29 is 5.21 Å². The molecule has 1 aromatic carbocycles. The van der Waals surface area contributed by atoms with Gasteiger partial charge in [0.25, 0.3) is 0 Å². The van der Waals surface area contributed by atoms with Crippen LogP contribution in [-0.4, -0.2) is 5.21 Å². The van der Waals surface area contributed by atoms with E-state index in [1.165, 1.54) is 16.7 Å². The van der Waals surface area contributed by atoms with E-state index in [1.807, 2.05) is 0 Å². The van der Waals surface area contributed by atoms with Crippen LogP contribution in [0.25, 0.3) is 0 Å². The molecule has 0 saturated heterocycles. The standard InChI is InChI=1S/C9H12.H3NO/c1-7-4-8(2)6-9(3)5-7;1-2/h4-6H,1-3H3;2H,1H2. The molecule has 0 unspecified atom stereocenters. The molecule has 2 heteroatoms. The molecule has 0 heterocycles. The third-order valence-electron chi connectivity index (χ3n) is 1.37. The lowest BCUT2D eigenvalue weighted by Crippen LogP contribution is -1.78. The van der Waals surface area contributed by atoms with Gasteiger partial charge in [-0.2, -0.15) is 0 Å². The van der Waals surface area contributed by atoms with Gasteiger partial charge in [-0.15, -0.1) is 0 Å². The largest absolute Gasteiger partial charge is 0.320 e. The molecule has 11 heavy (non-hydrogen) atoms. The Morgan fingerprint density at radius 2 is 1.00 bits per heavy atom. The number of benzene rings is 1. The van der Waals surface area contributed by atoms with Crippen molar-refractivity contribution in [1.82, 2.24) is 0 Å². The van der Waals surface area contributed by atoms with Gasteiger partial charge in [-0.3, -0.25) is 0 Å². The van der Waals surface area contributed by atoms with E-state index in [-0.39, 0.29) is 0 Å². The minimum atomic E-state index is 1.35. The van der Waals surface area contributed by atoms with Crippen molar-refractivity contribution in [3.8, 4) is 0 Å². The molecule has 0 saturated carbocycles. The Morgan fingerprint density at radius 1 is 0.818 bits per heavy atom. The highest BCUT2D eigenvalue weighted by atomic mass is 16.4. The highest BCUT2D eigenvalue weighted by Gasteiger charge is 1.87. The number of hydrogen-bond donors (Lipinski definition) is 2. The monoisotopic (exact) mass is 153 g/mol. The van der Waals surface area contributed by atoms with E-state index in [2.05, 4.69) is 44.9 Å². The summed E-state index contributed by atoms with van der Waals surface area (Å²) < 4.78 is 0. The molecule has 0 bridgehead atoms. The Labute approximate surface area is 67.6 Å². The summed E-state index contributed by atoms with van der Waals surface area (Å²) >= 11 is 0. The predicted molar refractivity (Wildman–Crippen MR) is 46.6 cm³/mol. The van der Waals surface area contributed by atoms with Crippen LogP contribution < -0.4 is 5.90 Å². The molecule has 2 nitrogen and oxygen atoms in total. The van der Waals surface area contributed by atoms with E-state index < -0.39 is 0 Å². The van der Waals surface area contributed by atoms with Gasteiger partial charge >= 0.3 is 0 Å². The molecule has 0 spiro atoms. The summed E-state index contributed by atoms with van der Waals surface area (Å²) in [4.78, 5) is 0. The molecule has 0 amide bonds. The van der Waals surface area contributed by atoms with E-state index in [0.717, 1.165) is 0 Å². The molecule has 3 N–H and O–H groups in total. The SMILES string of the molecule is Cc1cc(C)cc(C)c1.NO. The summed E-state index contributed by atoms with van der Waals surface area (Å²) in [6, 6.07) is 6.56. The lowest BCUT2D eigenvalue weighted by atomic mass is 10.1. The van der Waals surface area contributed by atoms with Gasteiger partial charge in [0.2, 0.25) is 0 Å². The topological polar surface area (TPSA) is 46.2 Å². The van der Waals surface area contributed by atoms with Gasteiger partial charge in [-0.25, -0.2) is 5.90 Å². The molecule has 0 aliphatic carbocycles. The van der Waals surface area contributed by atoms with Crippen LogP contribution in [0.3, 0.4) is 0 Å². The van der Waals surface area contributed by atoms with Crippen LogP contribution in [0, 0.1) is 20.8 Å². The van der Waals surface area contributed by atoms with E-state index in [4.69, 9.17) is 5.21 Å². The third kappa shape index (κ3) is 3.75. The number of hydrogen-bond acceptors (Lipinski definition) is 2. The van der Waals surface area contributed by atoms with E-state index in [9.17, 15) is 0 Å². The Kier molecular flexibility index (Phi) is 4.50. The van der Waals surface area contributed by atoms with Gasteiger partial charge in [0.15, 0.2) is 0 Å². The molecule has 0 aliphatic rings. The van der Waals surface area contributed by atoms with Gasteiger partial charge in [-0.05, 0) is 20.8 Å². The second-order valence-electron chi connectivity index (χ2n) is 2.67. The van der Waals surface area contributed by atoms with Crippen molar-refractivity contribution in [2.75, 3.05) is 0 Å². The Morgan fingerprint density at radius 3 is 1.18 bits per heavy atom. The van der Waals surface area contributed by atoms with Crippen molar-refractivity contribution in [3.63, 3.8) is 0 Å². The molecule has 62 valence electrons. The summed E-state index contributed by atoms with van der Waals surface area (Å²) in [6.07, 6.45) is 0. The maximum Gasteiger partial charge on any atom is -0.0398 e. The lowest BCUT2D eigenvalue weighted by Gasteiger charge is -1.96. The van der Waals surface area contributed by atoms with Crippen LogP contribution in [0.5, 0.6) is 0 Å².